The lowest BCUT2D eigenvalue weighted by molar-refractivity contribution is 0.102. The zero-order valence-electron chi connectivity index (χ0n) is 13.5. The Labute approximate surface area is 169 Å². The van der Waals surface area contributed by atoms with Crippen molar-refractivity contribution in [3.63, 3.8) is 0 Å². The number of amides is 1. The number of nitrogens with zero attached hydrogens (tertiary/aromatic N) is 4. The molecule has 1 aromatic carbocycles. The van der Waals surface area contributed by atoms with Crippen molar-refractivity contribution < 1.29 is 4.79 Å². The summed E-state index contributed by atoms with van der Waals surface area (Å²) in [5.41, 5.74) is 1.00. The molecular formula is C16H13Cl4N5O. The maximum absolute atomic E-state index is 12.4. The third-order valence-corrected chi connectivity index (χ3v) is 4.83. The smallest absolute Gasteiger partial charge is 0.278 e. The van der Waals surface area contributed by atoms with Crippen molar-refractivity contribution in [1.29, 1.82) is 0 Å². The van der Waals surface area contributed by atoms with Gasteiger partial charge in [-0.3, -0.25) is 14.2 Å². The second kappa shape index (κ2) is 7.88. The van der Waals surface area contributed by atoms with Crippen LogP contribution in [0.5, 0.6) is 0 Å². The molecule has 2 aromatic heterocycles. The number of halogens is 4. The largest absolute Gasteiger partial charge is 0.302 e. The van der Waals surface area contributed by atoms with Gasteiger partial charge in [-0.2, -0.15) is 10.2 Å². The number of aryl methyl sites for hydroxylation is 1. The fraction of sp³-hybridized carbons (Fsp3) is 0.188. The summed E-state index contributed by atoms with van der Waals surface area (Å²) in [7, 11) is 0. The van der Waals surface area contributed by atoms with Crippen LogP contribution in [0.15, 0.2) is 30.6 Å². The molecule has 26 heavy (non-hydrogen) atoms. The quantitative estimate of drug-likeness (QED) is 0.615. The van der Waals surface area contributed by atoms with Crippen LogP contribution < -0.4 is 5.32 Å². The van der Waals surface area contributed by atoms with Crippen LogP contribution in [-0.4, -0.2) is 25.5 Å². The Kier molecular flexibility index (Phi) is 5.77. The number of hydrogen-bond donors (Lipinski definition) is 1. The van der Waals surface area contributed by atoms with Gasteiger partial charge in [-0.25, -0.2) is 0 Å². The van der Waals surface area contributed by atoms with Gasteiger partial charge in [0.1, 0.15) is 5.02 Å². The first kappa shape index (κ1) is 19.0. The number of carbonyl (C=O) groups is 1. The van der Waals surface area contributed by atoms with Crippen molar-refractivity contribution >= 4 is 58.1 Å². The highest BCUT2D eigenvalue weighted by Crippen LogP contribution is 2.25. The molecule has 0 bridgehead atoms. The normalized spacial score (nSPS) is 11.0. The average Bonchev–Trinajstić information content (AvgIpc) is 3.13. The molecule has 0 aliphatic rings. The molecule has 0 aliphatic carbocycles. The monoisotopic (exact) mass is 431 g/mol. The minimum absolute atomic E-state index is 0.114. The summed E-state index contributed by atoms with van der Waals surface area (Å²) in [5, 5.41) is 12.5. The van der Waals surface area contributed by atoms with E-state index in [4.69, 9.17) is 46.4 Å². The number of rotatable bonds is 5. The summed E-state index contributed by atoms with van der Waals surface area (Å²) in [6.45, 7) is 2.91. The number of aromatic nitrogens is 4. The highest BCUT2D eigenvalue weighted by molar-refractivity contribution is 6.42. The minimum Gasteiger partial charge on any atom is -0.302 e. The summed E-state index contributed by atoms with van der Waals surface area (Å²) >= 11 is 24.1. The van der Waals surface area contributed by atoms with E-state index in [9.17, 15) is 4.79 Å². The van der Waals surface area contributed by atoms with Crippen molar-refractivity contribution in [2.45, 2.75) is 20.0 Å². The van der Waals surface area contributed by atoms with Crippen molar-refractivity contribution in [2.75, 3.05) is 5.32 Å². The molecule has 0 atom stereocenters. The highest BCUT2D eigenvalue weighted by atomic mass is 35.5. The van der Waals surface area contributed by atoms with E-state index in [1.54, 1.807) is 33.9 Å². The van der Waals surface area contributed by atoms with E-state index in [1.807, 2.05) is 13.0 Å². The molecule has 0 aliphatic heterocycles. The fourth-order valence-corrected chi connectivity index (χ4v) is 3.02. The lowest BCUT2D eigenvalue weighted by Gasteiger charge is -2.04. The molecule has 10 heteroatoms. The number of hydrogen-bond acceptors (Lipinski definition) is 3. The van der Waals surface area contributed by atoms with Gasteiger partial charge < -0.3 is 5.32 Å². The van der Waals surface area contributed by atoms with Crippen molar-refractivity contribution in [2.24, 2.45) is 0 Å². The molecule has 0 saturated carbocycles. The van der Waals surface area contributed by atoms with Gasteiger partial charge in [0.05, 0.1) is 21.6 Å². The number of anilines is 1. The SMILES string of the molecule is CCn1cc(Cl)c(C(=O)Nc2nn(Cc3ccc(Cl)c(Cl)c3)cc2Cl)n1. The van der Waals surface area contributed by atoms with Crippen LogP contribution in [0.1, 0.15) is 23.0 Å². The van der Waals surface area contributed by atoms with Gasteiger partial charge in [-0.15, -0.1) is 0 Å². The van der Waals surface area contributed by atoms with Gasteiger partial charge in [-0.05, 0) is 24.6 Å². The van der Waals surface area contributed by atoms with Gasteiger partial charge >= 0.3 is 0 Å². The lowest BCUT2D eigenvalue weighted by Crippen LogP contribution is -2.15. The fourth-order valence-electron chi connectivity index (χ4n) is 2.27. The molecule has 0 radical (unpaired) electrons. The molecule has 1 amide bonds. The van der Waals surface area contributed by atoms with Crippen molar-refractivity contribution in [1.82, 2.24) is 19.6 Å². The number of benzene rings is 1. The lowest BCUT2D eigenvalue weighted by atomic mass is 10.2. The van der Waals surface area contributed by atoms with Gasteiger partial charge in [0.25, 0.3) is 5.91 Å². The second-order valence-corrected chi connectivity index (χ2v) is 7.04. The van der Waals surface area contributed by atoms with E-state index in [0.29, 0.717) is 28.2 Å². The first-order valence-electron chi connectivity index (χ1n) is 7.58. The molecule has 0 saturated heterocycles. The summed E-state index contributed by atoms with van der Waals surface area (Å²) in [6, 6.07) is 5.28. The Bertz CT molecular complexity index is 966. The molecule has 1 N–H and O–H groups in total. The van der Waals surface area contributed by atoms with Crippen LogP contribution in [0.3, 0.4) is 0 Å². The molecule has 0 spiro atoms. The van der Waals surface area contributed by atoms with E-state index < -0.39 is 5.91 Å². The average molecular weight is 433 g/mol. The van der Waals surface area contributed by atoms with Crippen LogP contribution in [0, 0.1) is 0 Å². The predicted octanol–water partition coefficient (Wildman–Crippen LogP) is 5.01. The van der Waals surface area contributed by atoms with E-state index in [-0.39, 0.29) is 16.5 Å². The Morgan fingerprint density at radius 1 is 1.00 bits per heavy atom. The maximum Gasteiger partial charge on any atom is 0.278 e. The van der Waals surface area contributed by atoms with E-state index in [2.05, 4.69) is 15.5 Å². The van der Waals surface area contributed by atoms with Gasteiger partial charge in [-0.1, -0.05) is 52.5 Å². The van der Waals surface area contributed by atoms with Crippen LogP contribution in [0.4, 0.5) is 5.82 Å². The maximum atomic E-state index is 12.4. The second-order valence-electron chi connectivity index (χ2n) is 5.41. The molecule has 3 rings (SSSR count). The first-order chi connectivity index (χ1) is 12.4. The van der Waals surface area contributed by atoms with Crippen LogP contribution in [-0.2, 0) is 13.1 Å². The Morgan fingerprint density at radius 3 is 2.38 bits per heavy atom. The molecular weight excluding hydrogens is 420 g/mol. The minimum atomic E-state index is -0.483. The van der Waals surface area contributed by atoms with Crippen LogP contribution in [0.25, 0.3) is 0 Å². The Balaban J connectivity index is 1.76. The van der Waals surface area contributed by atoms with Crippen molar-refractivity contribution in [3.05, 3.63) is 61.9 Å². The summed E-state index contributed by atoms with van der Waals surface area (Å²) in [5.74, 6) is -0.261. The van der Waals surface area contributed by atoms with Gasteiger partial charge in [0.15, 0.2) is 11.5 Å². The zero-order valence-corrected chi connectivity index (χ0v) is 16.5. The first-order valence-corrected chi connectivity index (χ1v) is 9.09. The predicted molar refractivity (Wildman–Crippen MR) is 104 cm³/mol. The molecule has 6 nitrogen and oxygen atoms in total. The van der Waals surface area contributed by atoms with Gasteiger partial charge in [0.2, 0.25) is 0 Å². The molecule has 0 unspecified atom stereocenters. The standard InChI is InChI=1S/C16H13Cl4N5O/c1-2-24-7-12(19)14(22-24)16(26)21-15-13(20)8-25(23-15)6-9-3-4-10(17)11(18)5-9/h3-5,7-8H,2,6H2,1H3,(H,21,23,26). The van der Waals surface area contributed by atoms with E-state index in [1.165, 1.54) is 0 Å². The summed E-state index contributed by atoms with van der Waals surface area (Å²) in [4.78, 5) is 12.4. The van der Waals surface area contributed by atoms with Crippen LogP contribution in [0.2, 0.25) is 20.1 Å². The van der Waals surface area contributed by atoms with Crippen molar-refractivity contribution in [3.8, 4) is 0 Å². The molecule has 3 aromatic rings. The molecule has 0 fully saturated rings. The Hall–Kier alpha value is -1.73. The Morgan fingerprint density at radius 2 is 1.73 bits per heavy atom. The van der Waals surface area contributed by atoms with Gasteiger partial charge in [0, 0.05) is 18.9 Å². The third-order valence-electron chi connectivity index (χ3n) is 3.53. The number of carbonyl (C=O) groups excluding carboxylic acids is 1. The topological polar surface area (TPSA) is 64.7 Å². The zero-order chi connectivity index (χ0) is 18.8. The van der Waals surface area contributed by atoms with E-state index in [0.717, 1.165) is 5.56 Å². The summed E-state index contributed by atoms with van der Waals surface area (Å²) < 4.78 is 3.16. The molecule has 2 heterocycles. The number of nitrogens with one attached hydrogen (secondary N) is 1. The summed E-state index contributed by atoms with van der Waals surface area (Å²) in [6.07, 6.45) is 3.19. The molecule has 136 valence electrons. The third kappa shape index (κ3) is 4.15. The van der Waals surface area contributed by atoms with Crippen LogP contribution >= 0.6 is 46.4 Å². The highest BCUT2D eigenvalue weighted by Gasteiger charge is 2.18. The van der Waals surface area contributed by atoms with E-state index >= 15 is 0 Å².